The van der Waals surface area contributed by atoms with Crippen molar-refractivity contribution < 1.29 is 9.18 Å². The minimum Gasteiger partial charge on any atom is -0.331 e. The fourth-order valence-electron chi connectivity index (χ4n) is 4.82. The average molecular weight is 428 g/mol. The lowest BCUT2D eigenvalue weighted by atomic mass is 9.98. The molecule has 5 rings (SSSR count). The summed E-state index contributed by atoms with van der Waals surface area (Å²) in [5, 5.41) is 0.418. The van der Waals surface area contributed by atoms with E-state index in [-0.39, 0.29) is 17.8 Å². The monoisotopic (exact) mass is 427 g/mol. The molecule has 2 aliphatic heterocycles. The van der Waals surface area contributed by atoms with Gasteiger partial charge in [0.15, 0.2) is 0 Å². The van der Waals surface area contributed by atoms with Crippen LogP contribution in [-0.2, 0) is 13.1 Å². The molecule has 1 atom stereocenters. The second kappa shape index (κ2) is 7.63. The zero-order valence-electron chi connectivity index (χ0n) is 17.5. The minimum absolute atomic E-state index is 0.00681. The lowest BCUT2D eigenvalue weighted by Crippen LogP contribution is -2.34. The maximum absolute atomic E-state index is 15.0. The van der Waals surface area contributed by atoms with Gasteiger partial charge in [0.25, 0.3) is 5.91 Å². The highest BCUT2D eigenvalue weighted by molar-refractivity contribution is 6.34. The van der Waals surface area contributed by atoms with Crippen molar-refractivity contribution in [1.29, 1.82) is 0 Å². The maximum Gasteiger partial charge on any atom is 0.256 e. The van der Waals surface area contributed by atoms with Gasteiger partial charge in [-0.25, -0.2) is 4.39 Å². The molecule has 0 aromatic heterocycles. The highest BCUT2D eigenvalue weighted by Crippen LogP contribution is 2.41. The first-order chi connectivity index (χ1) is 14.4. The van der Waals surface area contributed by atoms with Crippen LogP contribution in [0.15, 0.2) is 30.3 Å². The Morgan fingerprint density at radius 3 is 2.67 bits per heavy atom. The van der Waals surface area contributed by atoms with Crippen LogP contribution in [0, 0.1) is 11.7 Å². The van der Waals surface area contributed by atoms with Crippen molar-refractivity contribution in [2.75, 3.05) is 26.8 Å². The second-order valence-corrected chi connectivity index (χ2v) is 9.50. The number of amides is 1. The van der Waals surface area contributed by atoms with Gasteiger partial charge in [0.1, 0.15) is 5.82 Å². The number of fused-ring (bicyclic) bond motifs is 1. The molecular weight excluding hydrogens is 401 g/mol. The molecule has 0 radical (unpaired) electrons. The van der Waals surface area contributed by atoms with Crippen molar-refractivity contribution in [2.24, 2.45) is 5.92 Å². The van der Waals surface area contributed by atoms with Crippen LogP contribution in [0.5, 0.6) is 0 Å². The Morgan fingerprint density at radius 2 is 2.00 bits per heavy atom. The van der Waals surface area contributed by atoms with Gasteiger partial charge in [0, 0.05) is 37.8 Å². The summed E-state index contributed by atoms with van der Waals surface area (Å²) in [4.78, 5) is 19.4. The van der Waals surface area contributed by atoms with E-state index in [1.165, 1.54) is 12.8 Å². The van der Waals surface area contributed by atoms with E-state index in [9.17, 15) is 4.79 Å². The molecule has 0 N–H and O–H groups in total. The number of nitrogens with zero attached hydrogens (tertiary/aromatic N) is 3. The first-order valence-corrected chi connectivity index (χ1v) is 11.1. The summed E-state index contributed by atoms with van der Waals surface area (Å²) in [5.74, 6) is 0.359. The summed E-state index contributed by atoms with van der Waals surface area (Å²) in [6.45, 7) is 6.38. The Kier molecular flexibility index (Phi) is 5.08. The molecule has 2 aromatic carbocycles. The molecule has 1 unspecified atom stereocenters. The third-order valence-electron chi connectivity index (χ3n) is 6.77. The summed E-state index contributed by atoms with van der Waals surface area (Å²) in [5.41, 5.74) is 3.72. The second-order valence-electron chi connectivity index (χ2n) is 9.09. The van der Waals surface area contributed by atoms with Crippen LogP contribution in [0.2, 0.25) is 5.02 Å². The lowest BCUT2D eigenvalue weighted by Gasteiger charge is -2.23. The zero-order chi connectivity index (χ0) is 21.0. The largest absolute Gasteiger partial charge is 0.331 e. The molecule has 30 heavy (non-hydrogen) atoms. The summed E-state index contributed by atoms with van der Waals surface area (Å²) in [6, 6.07) is 9.35. The average Bonchev–Trinajstić information content (AvgIpc) is 3.39. The van der Waals surface area contributed by atoms with Gasteiger partial charge < -0.3 is 4.90 Å². The number of benzene rings is 2. The highest BCUT2D eigenvalue weighted by atomic mass is 35.5. The van der Waals surface area contributed by atoms with Crippen molar-refractivity contribution in [2.45, 2.75) is 38.9 Å². The number of halogens is 2. The normalized spacial score (nSPS) is 20.8. The Morgan fingerprint density at radius 1 is 1.20 bits per heavy atom. The highest BCUT2D eigenvalue weighted by Gasteiger charge is 2.39. The summed E-state index contributed by atoms with van der Waals surface area (Å²) in [7, 11) is 2.10. The molecule has 0 bridgehead atoms. The van der Waals surface area contributed by atoms with E-state index in [1.807, 2.05) is 23.1 Å². The Bertz CT molecular complexity index is 1010. The van der Waals surface area contributed by atoms with Crippen LogP contribution in [0.3, 0.4) is 0 Å². The van der Waals surface area contributed by atoms with Gasteiger partial charge in [-0.3, -0.25) is 14.6 Å². The molecule has 2 aromatic rings. The van der Waals surface area contributed by atoms with E-state index in [0.717, 1.165) is 43.0 Å². The molecule has 1 aliphatic carbocycles. The molecule has 158 valence electrons. The number of hydrogen-bond acceptors (Lipinski definition) is 3. The molecule has 2 heterocycles. The van der Waals surface area contributed by atoms with Crippen LogP contribution in [0.1, 0.15) is 41.3 Å². The number of carbonyl (C=O) groups excluding carboxylic acids is 1. The molecule has 1 amide bonds. The Hall–Kier alpha value is -1.95. The van der Waals surface area contributed by atoms with Crippen LogP contribution in [0.4, 0.5) is 4.39 Å². The third kappa shape index (κ3) is 3.64. The van der Waals surface area contributed by atoms with Crippen molar-refractivity contribution in [1.82, 2.24) is 14.7 Å². The van der Waals surface area contributed by atoms with Crippen molar-refractivity contribution in [3.8, 4) is 11.1 Å². The molecule has 3 aliphatic rings. The molecule has 0 spiro atoms. The van der Waals surface area contributed by atoms with Crippen molar-refractivity contribution in [3.05, 3.63) is 57.9 Å². The number of rotatable bonds is 5. The van der Waals surface area contributed by atoms with Crippen LogP contribution in [-0.4, -0.2) is 53.5 Å². The van der Waals surface area contributed by atoms with E-state index >= 15 is 4.39 Å². The Balaban J connectivity index is 1.40. The van der Waals surface area contributed by atoms with Gasteiger partial charge in [-0.1, -0.05) is 23.7 Å². The summed E-state index contributed by atoms with van der Waals surface area (Å²) < 4.78 is 15.0. The number of carbonyl (C=O) groups is 1. The molecule has 2 fully saturated rings. The predicted molar refractivity (Wildman–Crippen MR) is 117 cm³/mol. The number of hydrogen-bond donors (Lipinski definition) is 0. The molecule has 1 saturated carbocycles. The van der Waals surface area contributed by atoms with Gasteiger partial charge in [-0.2, -0.15) is 0 Å². The SMILES string of the molecule is CC(C1CC1)N1Cc2cc(-c3ccc(CN4CCN(C)C4)cc3F)cc(Cl)c2C1=O. The first-order valence-electron chi connectivity index (χ1n) is 10.7. The third-order valence-corrected chi connectivity index (χ3v) is 7.07. The topological polar surface area (TPSA) is 26.8 Å². The van der Waals surface area contributed by atoms with Crippen molar-refractivity contribution in [3.63, 3.8) is 0 Å². The van der Waals surface area contributed by atoms with Gasteiger partial charge >= 0.3 is 0 Å². The molecule has 4 nitrogen and oxygen atoms in total. The molecule has 6 heteroatoms. The summed E-state index contributed by atoms with van der Waals surface area (Å²) in [6.07, 6.45) is 2.37. The van der Waals surface area contributed by atoms with E-state index in [2.05, 4.69) is 23.8 Å². The van der Waals surface area contributed by atoms with Gasteiger partial charge in [-0.05, 0) is 67.6 Å². The smallest absolute Gasteiger partial charge is 0.256 e. The van der Waals surface area contributed by atoms with Crippen molar-refractivity contribution >= 4 is 17.5 Å². The van der Waals surface area contributed by atoms with Crippen LogP contribution >= 0.6 is 11.6 Å². The molecule has 1 saturated heterocycles. The lowest BCUT2D eigenvalue weighted by molar-refractivity contribution is 0.0697. The predicted octanol–water partition coefficient (Wildman–Crippen LogP) is 4.61. The van der Waals surface area contributed by atoms with Crippen LogP contribution in [0.25, 0.3) is 11.1 Å². The number of likely N-dealkylation sites (N-methyl/N-ethyl adjacent to an activating group) is 1. The molecular formula is C24H27ClFN3O. The zero-order valence-corrected chi connectivity index (χ0v) is 18.3. The maximum atomic E-state index is 15.0. The van der Waals surface area contributed by atoms with E-state index in [0.29, 0.717) is 28.6 Å². The first kappa shape index (κ1) is 20.0. The minimum atomic E-state index is -0.247. The fourth-order valence-corrected chi connectivity index (χ4v) is 5.14. The quantitative estimate of drug-likeness (QED) is 0.697. The van der Waals surface area contributed by atoms with E-state index in [4.69, 9.17) is 11.6 Å². The Labute approximate surface area is 182 Å². The van der Waals surface area contributed by atoms with Crippen LogP contribution < -0.4 is 0 Å². The van der Waals surface area contributed by atoms with E-state index < -0.39 is 0 Å². The van der Waals surface area contributed by atoms with Gasteiger partial charge in [0.05, 0.1) is 17.3 Å². The standard InChI is InChI=1S/C24H27ClFN3O/c1-15(17-4-5-17)29-13-19-10-18(11-21(25)23(19)24(29)30)20-6-3-16(9-22(20)26)12-28-8-7-27(2)14-28/h3,6,9-11,15,17H,4-5,7-8,12-14H2,1-2H3. The summed E-state index contributed by atoms with van der Waals surface area (Å²) >= 11 is 6.51. The fraction of sp³-hybridized carbons (Fsp3) is 0.458. The van der Waals surface area contributed by atoms with Gasteiger partial charge in [-0.15, -0.1) is 0 Å². The van der Waals surface area contributed by atoms with E-state index in [1.54, 1.807) is 12.1 Å². The van der Waals surface area contributed by atoms with Gasteiger partial charge in [0.2, 0.25) is 0 Å².